The monoisotopic (exact) mass is 1000 g/mol. The summed E-state index contributed by atoms with van der Waals surface area (Å²) in [7, 11) is 0. The third kappa shape index (κ3) is 11.1. The summed E-state index contributed by atoms with van der Waals surface area (Å²) >= 11 is 2.37. The lowest BCUT2D eigenvalue weighted by Gasteiger charge is -2.52. The van der Waals surface area contributed by atoms with Crippen LogP contribution < -0.4 is 0 Å². The summed E-state index contributed by atoms with van der Waals surface area (Å²) in [5, 5.41) is 0. The molecule has 0 aromatic heterocycles. The maximum Gasteiger partial charge on any atom is 0.254 e. The maximum atomic E-state index is 13.3. The van der Waals surface area contributed by atoms with E-state index in [1.807, 2.05) is 64.1 Å². The van der Waals surface area contributed by atoms with E-state index in [2.05, 4.69) is 149 Å². The minimum atomic E-state index is 0.171. The molecule has 4 fully saturated rings. The predicted octanol–water partition coefficient (Wildman–Crippen LogP) is 11.0. The van der Waals surface area contributed by atoms with Crippen molar-refractivity contribution in [2.24, 2.45) is 0 Å². The molecule has 4 aliphatic rings. The number of hydrogen-bond donors (Lipinski definition) is 0. The van der Waals surface area contributed by atoms with Crippen molar-refractivity contribution in [2.75, 3.05) is 65.4 Å². The van der Waals surface area contributed by atoms with E-state index >= 15 is 0 Å². The summed E-state index contributed by atoms with van der Waals surface area (Å²) in [4.78, 5) is 41.4. The van der Waals surface area contributed by atoms with Crippen molar-refractivity contribution in [2.45, 2.75) is 137 Å². The maximum absolute atomic E-state index is 13.3. The second kappa shape index (κ2) is 21.4. The molecule has 4 saturated heterocycles. The van der Waals surface area contributed by atoms with Gasteiger partial charge in [0.05, 0.1) is 0 Å². The van der Waals surface area contributed by atoms with Gasteiger partial charge in [0, 0.05) is 115 Å². The Morgan fingerprint density at radius 2 is 0.848 bits per heavy atom. The van der Waals surface area contributed by atoms with Gasteiger partial charge in [0.2, 0.25) is 0 Å². The minimum Gasteiger partial charge on any atom is -0.338 e. The van der Waals surface area contributed by atoms with Crippen LogP contribution in [0.15, 0.2) is 84.9 Å². The van der Waals surface area contributed by atoms with E-state index in [-0.39, 0.29) is 22.9 Å². The minimum absolute atomic E-state index is 0.171. The van der Waals surface area contributed by atoms with Crippen LogP contribution in [-0.4, -0.2) is 130 Å². The summed E-state index contributed by atoms with van der Waals surface area (Å²) in [6.07, 6.45) is 4.18. The van der Waals surface area contributed by atoms with Gasteiger partial charge >= 0.3 is 0 Å². The number of likely N-dealkylation sites (tertiary alicyclic amines) is 2. The molecule has 4 aromatic carbocycles. The van der Waals surface area contributed by atoms with Crippen LogP contribution in [0.2, 0.25) is 0 Å². The molecular formula is C57H79IN6O2. The van der Waals surface area contributed by atoms with E-state index in [0.29, 0.717) is 24.2 Å². The normalized spacial score (nSPS) is 22.8. The molecule has 8 nitrogen and oxygen atoms in total. The summed E-state index contributed by atoms with van der Waals surface area (Å²) in [6.45, 7) is 34.6. The van der Waals surface area contributed by atoms with Crippen LogP contribution in [0.4, 0.5) is 0 Å². The number of nitrogens with zero attached hydrogens (tertiary/aromatic N) is 6. The van der Waals surface area contributed by atoms with Crippen molar-refractivity contribution < 1.29 is 9.59 Å². The Hall–Kier alpha value is -3.61. The third-order valence-electron chi connectivity index (χ3n) is 16.4. The second-order valence-corrected chi connectivity index (χ2v) is 22.2. The fourth-order valence-corrected chi connectivity index (χ4v) is 12.0. The van der Waals surface area contributed by atoms with E-state index in [1.54, 1.807) is 0 Å². The van der Waals surface area contributed by atoms with Crippen molar-refractivity contribution in [3.63, 3.8) is 0 Å². The molecule has 0 N–H and O–H groups in total. The highest BCUT2D eigenvalue weighted by molar-refractivity contribution is 14.1. The highest BCUT2D eigenvalue weighted by Crippen LogP contribution is 2.36. The smallest absolute Gasteiger partial charge is 0.254 e. The average Bonchev–Trinajstić information content (AvgIpc) is 3.29. The number of amides is 2. The van der Waals surface area contributed by atoms with Crippen molar-refractivity contribution in [3.05, 3.63) is 139 Å². The molecule has 0 aliphatic carbocycles. The molecule has 0 spiro atoms. The van der Waals surface area contributed by atoms with Gasteiger partial charge in [-0.05, 0) is 170 Å². The first-order chi connectivity index (χ1) is 31.4. The van der Waals surface area contributed by atoms with E-state index in [9.17, 15) is 9.59 Å². The summed E-state index contributed by atoms with van der Waals surface area (Å²) in [6, 6.07) is 32.1. The van der Waals surface area contributed by atoms with Crippen molar-refractivity contribution in [1.29, 1.82) is 0 Å². The zero-order valence-electron chi connectivity index (χ0n) is 42.2. The van der Waals surface area contributed by atoms with Crippen LogP contribution in [0, 0.1) is 38.2 Å². The first kappa shape index (κ1) is 50.3. The molecule has 0 unspecified atom stereocenters. The summed E-state index contributed by atoms with van der Waals surface area (Å²) in [5.74, 6) is 0.412. The zero-order valence-corrected chi connectivity index (χ0v) is 44.3. The standard InChI is InChI=1S/C29H41N3O.C28H38IN3O/c1-21-10-12-26(13-11-21)25(5)32-19-18-31(20-24(32)4)29(6)14-16-30(17-15-29)28(33)27-22(2)8-7-9-23(27)3;1-20-7-6-8-21(2)26(20)27(33)30-15-13-28(5,14-16-30)31-17-18-32(22(3)19-31)23(4)24-9-11-25(29)12-10-24/h7-13,24-25H,14-20H2,1-6H3;6-12,22-23H,13-19H2,1-5H3/t24-,25-;22-,23-/m00/s1/i28-1;29-4. The van der Waals surface area contributed by atoms with Crippen molar-refractivity contribution in [3.8, 4) is 0 Å². The molecule has 4 heterocycles. The van der Waals surface area contributed by atoms with E-state index in [1.165, 1.54) is 20.3 Å². The number of piperidine rings is 2. The van der Waals surface area contributed by atoms with Crippen molar-refractivity contribution in [1.82, 2.24) is 29.4 Å². The Kier molecular flexibility index (Phi) is 16.3. The van der Waals surface area contributed by atoms with Gasteiger partial charge in [-0.1, -0.05) is 78.4 Å². The quantitative estimate of drug-likeness (QED) is 0.164. The number of halogens is 1. The molecule has 0 radical (unpaired) electrons. The highest BCUT2D eigenvalue weighted by Gasteiger charge is 2.42. The second-order valence-electron chi connectivity index (χ2n) is 21.0. The Morgan fingerprint density at radius 1 is 0.515 bits per heavy atom. The first-order valence-electron chi connectivity index (χ1n) is 24.9. The SMILES string of the molecule is Cc1ccc([C@H](C)N2CCN(C3(C)CCN([11C](=O)c4c(C)cccc4C)CC3)C[C@@H]2C)cc1.Cc1cccc(C)c1C(=O)N1CCC(C)(N2CCN([C@@H](C)c3ccc([123I])cc3)[C@@H](C)C2)CC1. The lowest BCUT2D eigenvalue weighted by atomic mass is 9.76. The van der Waals surface area contributed by atoms with Crippen LogP contribution >= 0.6 is 22.6 Å². The number of carbonyl (C=O) groups excluding carboxylic acids is 2. The first-order valence-corrected chi connectivity index (χ1v) is 26.0. The largest absolute Gasteiger partial charge is 0.338 e. The number of benzene rings is 4. The van der Waals surface area contributed by atoms with E-state index in [4.69, 9.17) is 0 Å². The highest BCUT2D eigenvalue weighted by atomic mass is 123. The van der Waals surface area contributed by atoms with Gasteiger partial charge in [0.25, 0.3) is 11.8 Å². The van der Waals surface area contributed by atoms with Crippen LogP contribution in [0.1, 0.15) is 139 Å². The van der Waals surface area contributed by atoms with E-state index < -0.39 is 0 Å². The lowest BCUT2D eigenvalue weighted by molar-refractivity contribution is -0.0278. The average molecular weight is 1000 g/mol. The molecule has 4 aliphatic heterocycles. The van der Waals surface area contributed by atoms with E-state index in [0.717, 1.165) is 125 Å². The fourth-order valence-electron chi connectivity index (χ4n) is 11.7. The zero-order chi connectivity index (χ0) is 47.5. The number of carbonyl (C=O) groups is 2. The number of rotatable bonds is 8. The molecule has 2 amide bonds. The van der Waals surface area contributed by atoms with Crippen molar-refractivity contribution >= 4 is 34.4 Å². The molecule has 356 valence electrons. The van der Waals surface area contributed by atoms with Gasteiger partial charge in [0.1, 0.15) is 0 Å². The van der Waals surface area contributed by atoms with Crippen LogP contribution in [0.3, 0.4) is 0 Å². The van der Waals surface area contributed by atoms with Gasteiger partial charge in [-0.25, -0.2) is 0 Å². The number of aryl methyl sites for hydroxylation is 5. The Balaban J connectivity index is 0.000000196. The van der Waals surface area contributed by atoms with Gasteiger partial charge in [0.15, 0.2) is 0 Å². The third-order valence-corrected chi connectivity index (χ3v) is 17.2. The molecule has 9 heteroatoms. The summed E-state index contributed by atoms with van der Waals surface area (Å²) < 4.78 is 1.29. The number of hydrogen-bond acceptors (Lipinski definition) is 6. The predicted molar refractivity (Wildman–Crippen MR) is 282 cm³/mol. The van der Waals surface area contributed by atoms with Gasteiger partial charge in [-0.15, -0.1) is 0 Å². The Labute approximate surface area is 412 Å². The molecule has 4 atom stereocenters. The van der Waals surface area contributed by atoms with Gasteiger partial charge in [-0.3, -0.25) is 29.2 Å². The summed E-state index contributed by atoms with van der Waals surface area (Å²) in [5.41, 5.74) is 10.6. The lowest BCUT2D eigenvalue weighted by Crippen LogP contribution is -2.62. The molecule has 0 bridgehead atoms. The van der Waals surface area contributed by atoms with Gasteiger partial charge in [-0.2, -0.15) is 0 Å². The van der Waals surface area contributed by atoms with Crippen LogP contribution in [0.25, 0.3) is 0 Å². The number of piperazine rings is 2. The Bertz CT molecular complexity index is 2080. The molecule has 4 aromatic rings. The molecule has 8 rings (SSSR count). The van der Waals surface area contributed by atoms with Gasteiger partial charge < -0.3 is 9.80 Å². The molecule has 66 heavy (non-hydrogen) atoms. The Morgan fingerprint density at radius 3 is 1.18 bits per heavy atom. The van der Waals surface area contributed by atoms with Crippen LogP contribution in [-0.2, 0) is 0 Å². The fraction of sp³-hybridized carbons (Fsp3) is 0.544. The topological polar surface area (TPSA) is 53.6 Å². The molecule has 0 saturated carbocycles. The van der Waals surface area contributed by atoms with Crippen LogP contribution in [0.5, 0.6) is 0 Å². The molecular weight excluding hydrogens is 923 g/mol.